The van der Waals surface area contributed by atoms with E-state index in [4.69, 9.17) is 15.3 Å². The highest BCUT2D eigenvalue weighted by molar-refractivity contribution is 5.76. The smallest absolute Gasteiger partial charge is 0.322 e. The summed E-state index contributed by atoms with van der Waals surface area (Å²) in [6.45, 7) is 2.87. The van der Waals surface area contributed by atoms with Gasteiger partial charge in [-0.05, 0) is 0 Å². The van der Waals surface area contributed by atoms with Crippen molar-refractivity contribution in [2.24, 2.45) is 5.84 Å². The molecule has 0 saturated carbocycles. The van der Waals surface area contributed by atoms with Crippen LogP contribution in [0.2, 0.25) is 0 Å². The second kappa shape index (κ2) is 7.55. The molecule has 2 rings (SSSR count). The topological polar surface area (TPSA) is 128 Å². The van der Waals surface area contributed by atoms with Crippen LogP contribution in [0.15, 0.2) is 0 Å². The molecule has 1 aliphatic rings. The molecule has 1 fully saturated rings. The SMILES string of the molecule is COc1nc(NN)nc(NCCC(=O)N2CCOCC2)n1. The molecular weight excluding hydrogens is 278 g/mol. The van der Waals surface area contributed by atoms with Gasteiger partial charge in [-0.3, -0.25) is 10.2 Å². The molecule has 0 aliphatic carbocycles. The van der Waals surface area contributed by atoms with Gasteiger partial charge in [-0.15, -0.1) is 0 Å². The highest BCUT2D eigenvalue weighted by Crippen LogP contribution is 2.09. The van der Waals surface area contributed by atoms with E-state index < -0.39 is 0 Å². The van der Waals surface area contributed by atoms with Crippen molar-refractivity contribution in [3.63, 3.8) is 0 Å². The first kappa shape index (κ1) is 15.2. The lowest BCUT2D eigenvalue weighted by atomic mass is 10.3. The van der Waals surface area contributed by atoms with Crippen LogP contribution < -0.4 is 21.3 Å². The zero-order chi connectivity index (χ0) is 15.1. The van der Waals surface area contributed by atoms with Crippen molar-refractivity contribution in [1.82, 2.24) is 19.9 Å². The minimum atomic E-state index is 0.0731. The molecule has 1 amide bonds. The molecule has 21 heavy (non-hydrogen) atoms. The van der Waals surface area contributed by atoms with Crippen molar-refractivity contribution in [1.29, 1.82) is 0 Å². The van der Waals surface area contributed by atoms with Gasteiger partial charge in [-0.2, -0.15) is 15.0 Å². The van der Waals surface area contributed by atoms with Gasteiger partial charge in [-0.1, -0.05) is 0 Å². The first-order valence-electron chi connectivity index (χ1n) is 6.59. The summed E-state index contributed by atoms with van der Waals surface area (Å²) in [7, 11) is 1.45. The molecule has 1 aromatic rings. The van der Waals surface area contributed by atoms with E-state index in [9.17, 15) is 4.79 Å². The van der Waals surface area contributed by atoms with Crippen LogP contribution in [0.25, 0.3) is 0 Å². The van der Waals surface area contributed by atoms with E-state index in [1.807, 2.05) is 0 Å². The molecule has 10 nitrogen and oxygen atoms in total. The van der Waals surface area contributed by atoms with Gasteiger partial charge >= 0.3 is 6.01 Å². The Hall–Kier alpha value is -2.20. The summed E-state index contributed by atoms with van der Waals surface area (Å²) in [5.74, 6) is 5.81. The molecular formula is C11H19N7O3. The number of ether oxygens (including phenoxy) is 2. The summed E-state index contributed by atoms with van der Waals surface area (Å²) >= 11 is 0. The fourth-order valence-electron chi connectivity index (χ4n) is 1.84. The van der Waals surface area contributed by atoms with Gasteiger partial charge < -0.3 is 19.7 Å². The van der Waals surface area contributed by atoms with Crippen molar-refractivity contribution in [2.75, 3.05) is 50.7 Å². The molecule has 116 valence electrons. The molecule has 0 aromatic carbocycles. The van der Waals surface area contributed by atoms with Crippen LogP contribution in [0.3, 0.4) is 0 Å². The zero-order valence-corrected chi connectivity index (χ0v) is 11.8. The first-order chi connectivity index (χ1) is 10.2. The number of nitrogens with one attached hydrogen (secondary N) is 2. The van der Waals surface area contributed by atoms with Gasteiger partial charge in [-0.25, -0.2) is 5.84 Å². The number of hydrogen-bond acceptors (Lipinski definition) is 9. The van der Waals surface area contributed by atoms with Gasteiger partial charge in [0.15, 0.2) is 0 Å². The van der Waals surface area contributed by atoms with Crippen LogP contribution in [0.4, 0.5) is 11.9 Å². The van der Waals surface area contributed by atoms with Gasteiger partial charge in [0.2, 0.25) is 17.8 Å². The van der Waals surface area contributed by atoms with Crippen LogP contribution >= 0.6 is 0 Å². The van der Waals surface area contributed by atoms with Gasteiger partial charge in [0, 0.05) is 26.1 Å². The molecule has 1 aliphatic heterocycles. The summed E-state index contributed by atoms with van der Waals surface area (Å²) in [5, 5.41) is 2.95. The van der Waals surface area contributed by atoms with Crippen molar-refractivity contribution in [3.8, 4) is 6.01 Å². The number of hydrogen-bond donors (Lipinski definition) is 3. The Morgan fingerprint density at radius 1 is 1.33 bits per heavy atom. The minimum absolute atomic E-state index is 0.0731. The van der Waals surface area contributed by atoms with E-state index in [1.54, 1.807) is 4.90 Å². The largest absolute Gasteiger partial charge is 0.467 e. The quantitative estimate of drug-likeness (QED) is 0.439. The summed E-state index contributed by atoms with van der Waals surface area (Å²) in [5.41, 5.74) is 2.32. The number of nitrogens with two attached hydrogens (primary N) is 1. The fourth-order valence-corrected chi connectivity index (χ4v) is 1.84. The number of nitrogen functional groups attached to an aromatic ring is 1. The Morgan fingerprint density at radius 2 is 2.05 bits per heavy atom. The maximum Gasteiger partial charge on any atom is 0.322 e. The number of aromatic nitrogens is 3. The second-order valence-corrected chi connectivity index (χ2v) is 4.28. The van der Waals surface area contributed by atoms with Crippen LogP contribution in [0.5, 0.6) is 6.01 Å². The minimum Gasteiger partial charge on any atom is -0.467 e. The highest BCUT2D eigenvalue weighted by Gasteiger charge is 2.16. The number of anilines is 2. The van der Waals surface area contributed by atoms with Crippen LogP contribution in [-0.4, -0.2) is 65.7 Å². The number of nitrogens with zero attached hydrogens (tertiary/aromatic N) is 4. The number of morpholine rings is 1. The van der Waals surface area contributed by atoms with E-state index in [2.05, 4.69) is 25.7 Å². The zero-order valence-electron chi connectivity index (χ0n) is 11.8. The van der Waals surface area contributed by atoms with Crippen LogP contribution in [0.1, 0.15) is 6.42 Å². The van der Waals surface area contributed by atoms with E-state index in [-0.39, 0.29) is 17.9 Å². The number of carbonyl (C=O) groups is 1. The molecule has 0 atom stereocenters. The summed E-state index contributed by atoms with van der Waals surface area (Å²) in [6, 6.07) is 0.139. The van der Waals surface area contributed by atoms with E-state index in [0.29, 0.717) is 45.2 Å². The third-order valence-electron chi connectivity index (χ3n) is 2.91. The Morgan fingerprint density at radius 3 is 2.71 bits per heavy atom. The average Bonchev–Trinajstić information content (AvgIpc) is 2.55. The second-order valence-electron chi connectivity index (χ2n) is 4.28. The van der Waals surface area contributed by atoms with Gasteiger partial charge in [0.05, 0.1) is 20.3 Å². The molecule has 0 spiro atoms. The van der Waals surface area contributed by atoms with Gasteiger partial charge in [0.1, 0.15) is 0 Å². The number of carbonyl (C=O) groups excluding carboxylic acids is 1. The lowest BCUT2D eigenvalue weighted by Gasteiger charge is -2.26. The molecule has 1 aromatic heterocycles. The van der Waals surface area contributed by atoms with E-state index >= 15 is 0 Å². The monoisotopic (exact) mass is 297 g/mol. The van der Waals surface area contributed by atoms with Gasteiger partial charge in [0.25, 0.3) is 0 Å². The predicted octanol–water partition coefficient (Wildman–Crippen LogP) is -1.17. The number of amides is 1. The maximum atomic E-state index is 12.0. The van der Waals surface area contributed by atoms with Crippen molar-refractivity contribution < 1.29 is 14.3 Å². The predicted molar refractivity (Wildman–Crippen MR) is 74.7 cm³/mol. The Labute approximate surface area is 122 Å². The molecule has 1 saturated heterocycles. The fraction of sp³-hybridized carbons (Fsp3) is 0.636. The lowest BCUT2D eigenvalue weighted by molar-refractivity contribution is -0.134. The Kier molecular flexibility index (Phi) is 5.46. The van der Waals surface area contributed by atoms with E-state index in [0.717, 1.165) is 0 Å². The number of rotatable bonds is 6. The normalized spacial score (nSPS) is 14.7. The molecule has 4 N–H and O–H groups in total. The number of methoxy groups -OCH3 is 1. The van der Waals surface area contributed by atoms with Crippen molar-refractivity contribution >= 4 is 17.8 Å². The van der Waals surface area contributed by atoms with Crippen molar-refractivity contribution in [2.45, 2.75) is 6.42 Å². The maximum absolute atomic E-state index is 12.0. The standard InChI is InChI=1S/C11H19N7O3/c1-20-11-15-9(14-10(16-11)17-12)13-3-2-8(19)18-4-6-21-7-5-18/h2-7,12H2,1H3,(H2,13,14,15,16,17). The first-order valence-corrected chi connectivity index (χ1v) is 6.59. The van der Waals surface area contributed by atoms with Crippen LogP contribution in [-0.2, 0) is 9.53 Å². The average molecular weight is 297 g/mol. The Balaban J connectivity index is 1.83. The van der Waals surface area contributed by atoms with Crippen LogP contribution in [0, 0.1) is 0 Å². The third-order valence-corrected chi connectivity index (χ3v) is 2.91. The molecule has 0 unspecified atom stereocenters. The lowest BCUT2D eigenvalue weighted by Crippen LogP contribution is -2.41. The summed E-state index contributed by atoms with van der Waals surface area (Å²) < 4.78 is 10.1. The molecule has 0 bridgehead atoms. The highest BCUT2D eigenvalue weighted by atomic mass is 16.5. The summed E-state index contributed by atoms with van der Waals surface area (Å²) in [6.07, 6.45) is 0.347. The molecule has 10 heteroatoms. The third kappa shape index (κ3) is 4.39. The van der Waals surface area contributed by atoms with Crippen molar-refractivity contribution in [3.05, 3.63) is 0 Å². The van der Waals surface area contributed by atoms with E-state index in [1.165, 1.54) is 7.11 Å². The molecule has 0 radical (unpaired) electrons. The Bertz CT molecular complexity index is 457. The molecule has 2 heterocycles. The summed E-state index contributed by atoms with van der Waals surface area (Å²) in [4.78, 5) is 25.6. The number of hydrazine groups is 1.